The van der Waals surface area contributed by atoms with Gasteiger partial charge in [0.05, 0.1) is 20.4 Å². The summed E-state index contributed by atoms with van der Waals surface area (Å²) in [4.78, 5) is 23.5. The largest absolute Gasteiger partial charge is 0.493 e. The molecule has 0 bridgehead atoms. The summed E-state index contributed by atoms with van der Waals surface area (Å²) in [6.07, 6.45) is 4.14. The summed E-state index contributed by atoms with van der Waals surface area (Å²) in [5, 5.41) is 9.19. The number of aldehydes is 1. The van der Waals surface area contributed by atoms with E-state index in [0.29, 0.717) is 29.3 Å². The number of hydrogen-bond acceptors (Lipinski definition) is 6. The summed E-state index contributed by atoms with van der Waals surface area (Å²) >= 11 is 0. The van der Waals surface area contributed by atoms with Crippen molar-refractivity contribution in [2.75, 3.05) is 26.1 Å². The summed E-state index contributed by atoms with van der Waals surface area (Å²) in [7, 11) is 3.12. The molecule has 1 N–H and O–H groups in total. The van der Waals surface area contributed by atoms with E-state index in [1.54, 1.807) is 55.8 Å². The lowest BCUT2D eigenvalue weighted by molar-refractivity contribution is -0.120. The Labute approximate surface area is 163 Å². The van der Waals surface area contributed by atoms with Crippen molar-refractivity contribution in [2.24, 2.45) is 5.10 Å². The lowest BCUT2D eigenvalue weighted by Crippen LogP contribution is -2.36. The van der Waals surface area contributed by atoms with Gasteiger partial charge in [0.2, 0.25) is 5.91 Å². The van der Waals surface area contributed by atoms with Gasteiger partial charge in [-0.25, -0.2) is 0 Å². The van der Waals surface area contributed by atoms with E-state index < -0.39 is 0 Å². The number of rotatable bonds is 7. The van der Waals surface area contributed by atoms with Gasteiger partial charge < -0.3 is 14.8 Å². The molecule has 0 aromatic heterocycles. The zero-order chi connectivity index (χ0) is 19.9. The fourth-order valence-electron chi connectivity index (χ4n) is 3.10. The van der Waals surface area contributed by atoms with Crippen molar-refractivity contribution < 1.29 is 19.1 Å². The first kappa shape index (κ1) is 19.4. The summed E-state index contributed by atoms with van der Waals surface area (Å²) in [5.41, 5.74) is 2.13. The van der Waals surface area contributed by atoms with E-state index in [0.717, 1.165) is 24.7 Å². The van der Waals surface area contributed by atoms with Gasteiger partial charge in [-0.15, -0.1) is 0 Å². The number of hydrazone groups is 1. The van der Waals surface area contributed by atoms with Gasteiger partial charge >= 0.3 is 0 Å². The summed E-state index contributed by atoms with van der Waals surface area (Å²) in [6.45, 7) is 0.715. The molecule has 0 radical (unpaired) electrons. The van der Waals surface area contributed by atoms with Gasteiger partial charge in [-0.1, -0.05) is 24.3 Å². The van der Waals surface area contributed by atoms with Crippen LogP contribution in [-0.4, -0.2) is 50.2 Å². The molecule has 0 spiro atoms. The number of carbonyl (C=O) groups is 2. The van der Waals surface area contributed by atoms with Crippen LogP contribution < -0.4 is 14.8 Å². The van der Waals surface area contributed by atoms with Crippen molar-refractivity contribution in [2.45, 2.75) is 18.9 Å². The van der Waals surface area contributed by atoms with E-state index in [9.17, 15) is 9.59 Å². The lowest BCUT2D eigenvalue weighted by Gasteiger charge is -2.21. The third kappa shape index (κ3) is 4.49. The van der Waals surface area contributed by atoms with Gasteiger partial charge in [-0.3, -0.25) is 14.6 Å². The van der Waals surface area contributed by atoms with Crippen molar-refractivity contribution in [3.05, 3.63) is 53.6 Å². The van der Waals surface area contributed by atoms with Crippen molar-refractivity contribution >= 4 is 24.1 Å². The average molecular weight is 381 g/mol. The topological polar surface area (TPSA) is 80.2 Å². The first-order valence-electron chi connectivity index (χ1n) is 9.03. The van der Waals surface area contributed by atoms with Crippen molar-refractivity contribution in [3.8, 4) is 11.5 Å². The molecule has 1 saturated heterocycles. The molecule has 7 nitrogen and oxygen atoms in total. The van der Waals surface area contributed by atoms with Crippen LogP contribution in [0.3, 0.4) is 0 Å². The molecule has 1 unspecified atom stereocenters. The van der Waals surface area contributed by atoms with Crippen molar-refractivity contribution in [3.63, 3.8) is 0 Å². The highest BCUT2D eigenvalue weighted by Crippen LogP contribution is 2.30. The second kappa shape index (κ2) is 9.03. The molecule has 0 saturated carbocycles. The number of methoxy groups -OCH3 is 2. The smallest absolute Gasteiger partial charge is 0.248 e. The number of hydrogen-bond donors (Lipinski definition) is 1. The quantitative estimate of drug-likeness (QED) is 0.589. The van der Waals surface area contributed by atoms with E-state index in [4.69, 9.17) is 9.47 Å². The molecule has 28 heavy (non-hydrogen) atoms. The Hall–Kier alpha value is -3.35. The summed E-state index contributed by atoms with van der Waals surface area (Å²) in [5.74, 6) is 1.05. The zero-order valence-corrected chi connectivity index (χ0v) is 15.9. The van der Waals surface area contributed by atoms with Crippen LogP contribution in [0.2, 0.25) is 0 Å². The predicted molar refractivity (Wildman–Crippen MR) is 107 cm³/mol. The highest BCUT2D eigenvalue weighted by Gasteiger charge is 2.30. The molecular weight excluding hydrogens is 358 g/mol. The van der Waals surface area contributed by atoms with Gasteiger partial charge in [0.25, 0.3) is 0 Å². The first-order valence-corrected chi connectivity index (χ1v) is 9.03. The molecule has 1 heterocycles. The van der Waals surface area contributed by atoms with Gasteiger partial charge in [-0.2, -0.15) is 5.10 Å². The fourth-order valence-corrected chi connectivity index (χ4v) is 3.10. The third-order valence-electron chi connectivity index (χ3n) is 4.61. The molecule has 7 heteroatoms. The first-order chi connectivity index (χ1) is 13.6. The standard InChI is InChI=1S/C21H23N3O4/c1-27-19-10-9-17(12-20(19)28-2)23-21(26)18-4-3-11-24(18)22-13-15-5-7-16(14-25)8-6-15/h5-10,12-14,18H,3-4,11H2,1-2H3,(H,23,26)/b22-13+. The summed E-state index contributed by atoms with van der Waals surface area (Å²) in [6, 6.07) is 12.0. The molecular formula is C21H23N3O4. The second-order valence-corrected chi connectivity index (χ2v) is 6.41. The lowest BCUT2D eigenvalue weighted by atomic mass is 10.2. The maximum atomic E-state index is 12.7. The van der Waals surface area contributed by atoms with E-state index in [-0.39, 0.29) is 11.9 Å². The molecule has 1 amide bonds. The van der Waals surface area contributed by atoms with E-state index in [2.05, 4.69) is 10.4 Å². The third-order valence-corrected chi connectivity index (χ3v) is 4.61. The second-order valence-electron chi connectivity index (χ2n) is 6.41. The molecule has 2 aromatic carbocycles. The molecule has 3 rings (SSSR count). The minimum atomic E-state index is -0.335. The minimum Gasteiger partial charge on any atom is -0.493 e. The minimum absolute atomic E-state index is 0.113. The Morgan fingerprint density at radius 1 is 1.11 bits per heavy atom. The molecule has 2 aromatic rings. The molecule has 0 aliphatic carbocycles. The highest BCUT2D eigenvalue weighted by atomic mass is 16.5. The Bertz CT molecular complexity index is 864. The zero-order valence-electron chi connectivity index (χ0n) is 15.9. The molecule has 1 aliphatic heterocycles. The number of benzene rings is 2. The predicted octanol–water partition coefficient (Wildman–Crippen LogP) is 2.95. The molecule has 146 valence electrons. The van der Waals surface area contributed by atoms with Crippen molar-refractivity contribution in [1.82, 2.24) is 5.01 Å². The van der Waals surface area contributed by atoms with Gasteiger partial charge in [0.15, 0.2) is 11.5 Å². The van der Waals surface area contributed by atoms with Crippen LogP contribution in [0.25, 0.3) is 0 Å². The highest BCUT2D eigenvalue weighted by molar-refractivity contribution is 5.95. The number of nitrogens with one attached hydrogen (secondary N) is 1. The van der Waals surface area contributed by atoms with Gasteiger partial charge in [0, 0.05) is 23.9 Å². The molecule has 1 fully saturated rings. The van der Waals surface area contributed by atoms with E-state index in [1.165, 1.54) is 0 Å². The Kier molecular flexibility index (Phi) is 6.26. The Balaban J connectivity index is 1.67. The summed E-state index contributed by atoms with van der Waals surface area (Å²) < 4.78 is 10.5. The van der Waals surface area contributed by atoms with Crippen LogP contribution in [0, 0.1) is 0 Å². The molecule has 1 atom stereocenters. The van der Waals surface area contributed by atoms with Crippen molar-refractivity contribution in [1.29, 1.82) is 0 Å². The maximum Gasteiger partial charge on any atom is 0.248 e. The number of ether oxygens (including phenoxy) is 2. The monoisotopic (exact) mass is 381 g/mol. The van der Waals surface area contributed by atoms with E-state index in [1.807, 2.05) is 12.1 Å². The Morgan fingerprint density at radius 3 is 2.50 bits per heavy atom. The van der Waals surface area contributed by atoms with Crippen LogP contribution in [0.15, 0.2) is 47.6 Å². The number of nitrogens with zero attached hydrogens (tertiary/aromatic N) is 2. The number of anilines is 1. The van der Waals surface area contributed by atoms with Gasteiger partial charge in [0.1, 0.15) is 12.3 Å². The van der Waals surface area contributed by atoms with Crippen LogP contribution in [0.5, 0.6) is 11.5 Å². The van der Waals surface area contributed by atoms with E-state index >= 15 is 0 Å². The normalized spacial score (nSPS) is 16.2. The number of amides is 1. The van der Waals surface area contributed by atoms with Gasteiger partial charge in [-0.05, 0) is 30.5 Å². The maximum absolute atomic E-state index is 12.7. The van der Waals surface area contributed by atoms with Crippen LogP contribution in [-0.2, 0) is 4.79 Å². The van der Waals surface area contributed by atoms with Crippen LogP contribution >= 0.6 is 0 Å². The average Bonchev–Trinajstić information content (AvgIpc) is 3.21. The Morgan fingerprint density at radius 2 is 1.82 bits per heavy atom. The number of carbonyl (C=O) groups excluding carboxylic acids is 2. The van der Waals surface area contributed by atoms with Crippen LogP contribution in [0.4, 0.5) is 5.69 Å². The molecule has 1 aliphatic rings. The SMILES string of the molecule is COc1ccc(NC(=O)C2CCCN2/N=C/c2ccc(C=O)cc2)cc1OC. The fraction of sp³-hybridized carbons (Fsp3) is 0.286. The van der Waals surface area contributed by atoms with Crippen LogP contribution in [0.1, 0.15) is 28.8 Å².